The van der Waals surface area contributed by atoms with Crippen molar-refractivity contribution in [1.82, 2.24) is 14.9 Å². The van der Waals surface area contributed by atoms with Crippen molar-refractivity contribution in [3.05, 3.63) is 93.4 Å². The van der Waals surface area contributed by atoms with Gasteiger partial charge in [0.1, 0.15) is 11.4 Å². The minimum atomic E-state index is -0.854. The molecule has 0 radical (unpaired) electrons. The summed E-state index contributed by atoms with van der Waals surface area (Å²) in [5, 5.41) is 13.5. The number of ether oxygens (including phenoxy) is 1. The number of carbonyl (C=O) groups excluding carboxylic acids is 3. The van der Waals surface area contributed by atoms with Crippen LogP contribution >= 0.6 is 22.7 Å². The van der Waals surface area contributed by atoms with Crippen LogP contribution in [-0.2, 0) is 11.3 Å². The van der Waals surface area contributed by atoms with Gasteiger partial charge in [-0.25, -0.2) is 4.98 Å². The average molecular weight is 563 g/mol. The van der Waals surface area contributed by atoms with Gasteiger partial charge in [-0.15, -0.1) is 22.7 Å². The van der Waals surface area contributed by atoms with Gasteiger partial charge in [-0.3, -0.25) is 24.3 Å². The number of rotatable bonds is 11. The van der Waals surface area contributed by atoms with E-state index in [9.17, 15) is 19.5 Å². The van der Waals surface area contributed by atoms with Gasteiger partial charge in [-0.05, 0) is 47.7 Å². The average Bonchev–Trinajstić information content (AvgIpc) is 3.72. The van der Waals surface area contributed by atoms with Gasteiger partial charge in [0, 0.05) is 43.8 Å². The third-order valence-electron chi connectivity index (χ3n) is 6.24. The maximum atomic E-state index is 13.4. The Balaban J connectivity index is 1.29. The molecule has 1 aromatic carbocycles. The summed E-state index contributed by atoms with van der Waals surface area (Å²) in [4.78, 5) is 51.6. The zero-order valence-corrected chi connectivity index (χ0v) is 22.6. The predicted octanol–water partition coefficient (Wildman–Crippen LogP) is 4.36. The maximum Gasteiger partial charge on any atom is 0.270 e. The molecule has 1 aliphatic rings. The number of anilines is 1. The van der Waals surface area contributed by atoms with Gasteiger partial charge in [0.15, 0.2) is 5.13 Å². The largest absolute Gasteiger partial charge is 0.475 e. The molecule has 5 rings (SSSR count). The van der Waals surface area contributed by atoms with Crippen LogP contribution in [0.25, 0.3) is 0 Å². The van der Waals surface area contributed by atoms with Crippen molar-refractivity contribution in [2.45, 2.75) is 25.5 Å². The smallest absolute Gasteiger partial charge is 0.270 e. The first kappa shape index (κ1) is 26.7. The van der Waals surface area contributed by atoms with E-state index in [1.807, 2.05) is 23.6 Å². The van der Waals surface area contributed by atoms with E-state index in [-0.39, 0.29) is 43.7 Å². The molecule has 1 atom stereocenters. The van der Waals surface area contributed by atoms with E-state index >= 15 is 0 Å². The lowest BCUT2D eigenvalue weighted by Gasteiger charge is -2.23. The second kappa shape index (κ2) is 12.3. The number of thiazole rings is 1. The van der Waals surface area contributed by atoms with E-state index in [2.05, 4.69) is 9.97 Å². The molecule has 1 aliphatic heterocycles. The molecule has 0 saturated carbocycles. The van der Waals surface area contributed by atoms with Crippen molar-refractivity contribution in [2.24, 2.45) is 0 Å². The Morgan fingerprint density at radius 2 is 1.85 bits per heavy atom. The number of aromatic nitrogens is 2. The molecule has 1 unspecified atom stereocenters. The number of aliphatic hydroxyl groups excluding tert-OH is 1. The Hall–Kier alpha value is -3.93. The minimum Gasteiger partial charge on any atom is -0.475 e. The molecular formula is C28H26N4O5S2. The fourth-order valence-electron chi connectivity index (χ4n) is 4.30. The number of Topliss-reactive ketones (excluding diaryl/α,β-unsaturated/α-hetero) is 1. The number of aliphatic hydroxyl groups is 1. The Kier molecular flexibility index (Phi) is 8.40. The maximum absolute atomic E-state index is 13.4. The summed E-state index contributed by atoms with van der Waals surface area (Å²) in [6.07, 6.45) is 3.06. The lowest BCUT2D eigenvalue weighted by Crippen LogP contribution is -2.35. The number of hydrogen-bond donors (Lipinski definition) is 1. The fraction of sp³-hybridized carbons (Fsp3) is 0.250. The van der Waals surface area contributed by atoms with Crippen molar-refractivity contribution >= 4 is 45.4 Å². The minimum absolute atomic E-state index is 0.119. The van der Waals surface area contributed by atoms with E-state index < -0.39 is 6.10 Å². The quantitative estimate of drug-likeness (QED) is 0.289. The molecule has 0 aliphatic carbocycles. The molecule has 0 bridgehead atoms. The number of benzene rings is 1. The lowest BCUT2D eigenvalue weighted by molar-refractivity contribution is -0.132. The molecule has 4 aromatic rings. The molecule has 11 heteroatoms. The number of hydrogen-bond acceptors (Lipinski definition) is 9. The SMILES string of the molecule is O=C1c2ccccc2OC1c1csc(N(CCCC(=O)N(CCO)Cc2ccncc2)C(=O)c2cccs2)n1. The van der Waals surface area contributed by atoms with E-state index in [1.165, 1.54) is 22.7 Å². The van der Waals surface area contributed by atoms with Gasteiger partial charge in [0.25, 0.3) is 5.91 Å². The van der Waals surface area contributed by atoms with Crippen LogP contribution in [0.5, 0.6) is 5.75 Å². The summed E-state index contributed by atoms with van der Waals surface area (Å²) < 4.78 is 5.86. The molecule has 39 heavy (non-hydrogen) atoms. The zero-order chi connectivity index (χ0) is 27.2. The topological polar surface area (TPSA) is 113 Å². The summed E-state index contributed by atoms with van der Waals surface area (Å²) >= 11 is 2.59. The van der Waals surface area contributed by atoms with Crippen molar-refractivity contribution in [3.8, 4) is 5.75 Å². The third-order valence-corrected chi connectivity index (χ3v) is 7.98. The molecule has 0 spiro atoms. The Labute approximate surface area is 233 Å². The molecule has 4 heterocycles. The highest BCUT2D eigenvalue weighted by molar-refractivity contribution is 7.14. The number of carbonyl (C=O) groups is 3. The van der Waals surface area contributed by atoms with Crippen molar-refractivity contribution in [3.63, 3.8) is 0 Å². The number of nitrogens with zero attached hydrogens (tertiary/aromatic N) is 4. The van der Waals surface area contributed by atoms with Crippen LogP contribution in [0.15, 0.2) is 71.7 Å². The fourth-order valence-corrected chi connectivity index (χ4v) is 5.83. The molecule has 0 fully saturated rings. The van der Waals surface area contributed by atoms with Gasteiger partial charge in [-0.1, -0.05) is 18.2 Å². The molecule has 200 valence electrons. The summed E-state index contributed by atoms with van der Waals surface area (Å²) in [5.41, 5.74) is 1.88. The van der Waals surface area contributed by atoms with Crippen LogP contribution in [0, 0.1) is 0 Å². The molecule has 0 saturated heterocycles. The monoisotopic (exact) mass is 562 g/mol. The highest BCUT2D eigenvalue weighted by atomic mass is 32.1. The van der Waals surface area contributed by atoms with Crippen LogP contribution in [0.4, 0.5) is 5.13 Å². The van der Waals surface area contributed by atoms with Crippen molar-refractivity contribution < 1.29 is 24.2 Å². The standard InChI is InChI=1S/C28H26N4O5S2/c33-15-14-31(17-19-9-11-29-12-10-19)24(34)8-3-13-32(27(36)23-7-4-16-38-23)28-30-21(18-39-28)26-25(35)20-5-1-2-6-22(20)37-26/h1-2,4-7,9-12,16,18,26,33H,3,8,13-15,17H2. The van der Waals surface area contributed by atoms with E-state index in [4.69, 9.17) is 4.74 Å². The van der Waals surface area contributed by atoms with Crippen LogP contribution < -0.4 is 9.64 Å². The number of pyridine rings is 1. The zero-order valence-electron chi connectivity index (χ0n) is 20.9. The highest BCUT2D eigenvalue weighted by Crippen LogP contribution is 2.38. The van der Waals surface area contributed by atoms with Gasteiger partial charge in [0.05, 0.1) is 17.0 Å². The number of ketones is 1. The molecule has 2 amide bonds. The van der Waals surface area contributed by atoms with Crippen molar-refractivity contribution in [2.75, 3.05) is 24.6 Å². The van der Waals surface area contributed by atoms with Crippen LogP contribution in [0.3, 0.4) is 0 Å². The molecule has 1 N–H and O–H groups in total. The molecule has 9 nitrogen and oxygen atoms in total. The number of thiophene rings is 1. The Morgan fingerprint density at radius 1 is 1.03 bits per heavy atom. The molecule has 3 aromatic heterocycles. The van der Waals surface area contributed by atoms with Gasteiger partial charge < -0.3 is 14.7 Å². The summed E-state index contributed by atoms with van der Waals surface area (Å²) in [7, 11) is 0. The van der Waals surface area contributed by atoms with E-state index in [0.29, 0.717) is 40.0 Å². The third kappa shape index (κ3) is 6.06. The van der Waals surface area contributed by atoms with Gasteiger partial charge in [-0.2, -0.15) is 0 Å². The lowest BCUT2D eigenvalue weighted by atomic mass is 10.1. The molecular weight excluding hydrogens is 536 g/mol. The number of para-hydroxylation sites is 1. The summed E-state index contributed by atoms with van der Waals surface area (Å²) in [6, 6.07) is 14.3. The Morgan fingerprint density at radius 3 is 2.59 bits per heavy atom. The normalized spacial score (nSPS) is 14.1. The number of amides is 2. The van der Waals surface area contributed by atoms with Gasteiger partial charge >= 0.3 is 0 Å². The van der Waals surface area contributed by atoms with Gasteiger partial charge in [0.2, 0.25) is 17.8 Å². The van der Waals surface area contributed by atoms with Crippen LogP contribution in [0.2, 0.25) is 0 Å². The second-order valence-corrected chi connectivity index (χ2v) is 10.6. The van der Waals surface area contributed by atoms with E-state index in [0.717, 1.165) is 5.56 Å². The first-order chi connectivity index (χ1) is 19.0. The van der Waals surface area contributed by atoms with Crippen LogP contribution in [-0.4, -0.2) is 57.3 Å². The summed E-state index contributed by atoms with van der Waals surface area (Å²) in [6.45, 7) is 0.699. The van der Waals surface area contributed by atoms with Crippen molar-refractivity contribution in [1.29, 1.82) is 0 Å². The predicted molar refractivity (Wildman–Crippen MR) is 148 cm³/mol. The number of fused-ring (bicyclic) bond motifs is 1. The van der Waals surface area contributed by atoms with E-state index in [1.54, 1.807) is 57.9 Å². The van der Waals surface area contributed by atoms with Crippen LogP contribution in [0.1, 0.15) is 50.2 Å². The Bertz CT molecular complexity index is 1440. The first-order valence-corrected chi connectivity index (χ1v) is 14.2. The summed E-state index contributed by atoms with van der Waals surface area (Å²) in [5.74, 6) is 0.0184. The highest BCUT2D eigenvalue weighted by Gasteiger charge is 2.36. The second-order valence-electron chi connectivity index (χ2n) is 8.85. The first-order valence-electron chi connectivity index (χ1n) is 12.4.